The average molecular weight is 336 g/mol. The van der Waals surface area contributed by atoms with Gasteiger partial charge in [-0.1, -0.05) is 33.3 Å². The summed E-state index contributed by atoms with van der Waals surface area (Å²) in [6.07, 6.45) is 3.88. The first-order chi connectivity index (χ1) is 11.4. The Hall–Kier alpha value is -1.45. The van der Waals surface area contributed by atoms with Crippen molar-refractivity contribution < 1.29 is 18.3 Å². The highest BCUT2D eigenvalue weighted by molar-refractivity contribution is 5.77. The van der Waals surface area contributed by atoms with Gasteiger partial charge in [0.05, 0.1) is 5.92 Å². The van der Waals surface area contributed by atoms with E-state index < -0.39 is 11.6 Å². The van der Waals surface area contributed by atoms with Crippen LogP contribution in [0.5, 0.6) is 0 Å². The highest BCUT2D eigenvalue weighted by Crippen LogP contribution is 2.49. The molecule has 0 bridgehead atoms. The number of ether oxygens (including phenoxy) is 1. The van der Waals surface area contributed by atoms with Gasteiger partial charge in [0.15, 0.2) is 11.6 Å². The van der Waals surface area contributed by atoms with Crippen LogP contribution < -0.4 is 0 Å². The Morgan fingerprint density at radius 1 is 1.17 bits per heavy atom. The van der Waals surface area contributed by atoms with E-state index in [9.17, 15) is 13.6 Å². The lowest BCUT2D eigenvalue weighted by Gasteiger charge is -2.36. The molecule has 3 rings (SSSR count). The van der Waals surface area contributed by atoms with E-state index in [0.29, 0.717) is 29.7 Å². The maximum absolute atomic E-state index is 13.4. The molecule has 2 aliphatic rings. The summed E-state index contributed by atoms with van der Waals surface area (Å²) in [7, 11) is 0. The van der Waals surface area contributed by atoms with Crippen LogP contribution >= 0.6 is 0 Å². The van der Waals surface area contributed by atoms with Gasteiger partial charge in [-0.25, -0.2) is 8.78 Å². The third-order valence-corrected chi connectivity index (χ3v) is 5.69. The molecule has 24 heavy (non-hydrogen) atoms. The molecule has 2 aliphatic carbocycles. The van der Waals surface area contributed by atoms with E-state index in [-0.39, 0.29) is 23.9 Å². The molecule has 5 atom stereocenters. The topological polar surface area (TPSA) is 26.3 Å². The minimum Gasteiger partial charge on any atom is -0.462 e. The largest absolute Gasteiger partial charge is 0.462 e. The Labute approximate surface area is 142 Å². The molecule has 1 aromatic rings. The minimum absolute atomic E-state index is 0.00699. The van der Waals surface area contributed by atoms with E-state index in [1.807, 2.05) is 0 Å². The molecule has 0 unspecified atom stereocenters. The lowest BCUT2D eigenvalue weighted by Crippen LogP contribution is -2.36. The Bertz CT molecular complexity index is 614. The normalized spacial score (nSPS) is 32.7. The fourth-order valence-corrected chi connectivity index (χ4v) is 4.05. The summed E-state index contributed by atoms with van der Waals surface area (Å²) in [6, 6.07) is 3.89. The summed E-state index contributed by atoms with van der Waals surface area (Å²) >= 11 is 0. The van der Waals surface area contributed by atoms with Crippen LogP contribution in [0, 0.1) is 35.3 Å². The van der Waals surface area contributed by atoms with Crippen LogP contribution in [-0.2, 0) is 9.53 Å². The smallest absolute Gasteiger partial charge is 0.309 e. The zero-order chi connectivity index (χ0) is 17.4. The summed E-state index contributed by atoms with van der Waals surface area (Å²) in [6.45, 7) is 6.57. The molecule has 2 nitrogen and oxygen atoms in total. The summed E-state index contributed by atoms with van der Waals surface area (Å²) in [4.78, 5) is 12.5. The number of benzene rings is 1. The van der Waals surface area contributed by atoms with Crippen LogP contribution in [0.4, 0.5) is 8.78 Å². The van der Waals surface area contributed by atoms with Crippen molar-refractivity contribution in [3.8, 4) is 0 Å². The van der Waals surface area contributed by atoms with Gasteiger partial charge >= 0.3 is 5.97 Å². The maximum Gasteiger partial charge on any atom is 0.309 e. The molecule has 0 N–H and O–H groups in total. The molecule has 2 saturated carbocycles. The van der Waals surface area contributed by atoms with Crippen LogP contribution in [0.15, 0.2) is 18.2 Å². The molecule has 132 valence electrons. The predicted molar refractivity (Wildman–Crippen MR) is 88.4 cm³/mol. The number of esters is 1. The van der Waals surface area contributed by atoms with Gasteiger partial charge in [-0.2, -0.15) is 0 Å². The van der Waals surface area contributed by atoms with Gasteiger partial charge in [-0.15, -0.1) is 0 Å². The highest BCUT2D eigenvalue weighted by Gasteiger charge is 2.47. The Kier molecular flexibility index (Phi) is 4.93. The number of hydrogen-bond acceptors (Lipinski definition) is 2. The quantitative estimate of drug-likeness (QED) is 0.717. The molecule has 1 aromatic carbocycles. The molecule has 0 amide bonds. The average Bonchev–Trinajstić information content (AvgIpc) is 3.30. The fraction of sp³-hybridized carbons (Fsp3) is 0.650. The van der Waals surface area contributed by atoms with Gasteiger partial charge in [0.1, 0.15) is 6.10 Å². The SMILES string of the molecule is CC(C)[C@H]1CC[C@@H](C)C[C@H]1OC(=O)[C@@H]1C[C@H]1c1ccc(F)c(F)c1. The number of carbonyl (C=O) groups is 1. The highest BCUT2D eigenvalue weighted by atomic mass is 19.2. The molecular formula is C20H26F2O2. The van der Waals surface area contributed by atoms with Crippen LogP contribution in [-0.4, -0.2) is 12.1 Å². The molecule has 4 heteroatoms. The van der Waals surface area contributed by atoms with Gasteiger partial charge in [-0.3, -0.25) is 4.79 Å². The van der Waals surface area contributed by atoms with Gasteiger partial charge in [0.2, 0.25) is 0 Å². The van der Waals surface area contributed by atoms with E-state index in [4.69, 9.17) is 4.74 Å². The second-order valence-corrected chi connectivity index (χ2v) is 7.92. The number of halogens is 2. The first-order valence-corrected chi connectivity index (χ1v) is 9.02. The lowest BCUT2D eigenvalue weighted by molar-refractivity contribution is -0.157. The van der Waals surface area contributed by atoms with Crippen molar-refractivity contribution in [2.45, 2.75) is 58.5 Å². The van der Waals surface area contributed by atoms with Crippen LogP contribution in [0.2, 0.25) is 0 Å². The Morgan fingerprint density at radius 2 is 1.92 bits per heavy atom. The van der Waals surface area contributed by atoms with Crippen molar-refractivity contribution in [1.29, 1.82) is 0 Å². The monoisotopic (exact) mass is 336 g/mol. The molecule has 0 heterocycles. The second-order valence-electron chi connectivity index (χ2n) is 7.92. The standard InChI is InChI=1S/C20H26F2O2/c1-11(2)14-6-4-12(3)8-19(14)24-20(23)16-10-15(16)13-5-7-17(21)18(22)9-13/h5,7,9,11-12,14-16,19H,4,6,8,10H2,1-3H3/t12-,14-,15+,16-,19-/m1/s1. The van der Waals surface area contributed by atoms with Crippen molar-refractivity contribution in [1.82, 2.24) is 0 Å². The molecule has 0 aromatic heterocycles. The molecule has 2 fully saturated rings. The van der Waals surface area contributed by atoms with E-state index in [1.54, 1.807) is 6.07 Å². The predicted octanol–water partition coefficient (Wildman–Crippen LogP) is 5.07. The van der Waals surface area contributed by atoms with E-state index in [1.165, 1.54) is 12.5 Å². The van der Waals surface area contributed by atoms with Crippen molar-refractivity contribution in [3.63, 3.8) is 0 Å². The molecule has 0 spiro atoms. The summed E-state index contributed by atoms with van der Waals surface area (Å²) in [5, 5.41) is 0. The molecule has 0 saturated heterocycles. The van der Waals surface area contributed by atoms with Gasteiger partial charge < -0.3 is 4.74 Å². The molecule has 0 aliphatic heterocycles. The zero-order valence-corrected chi connectivity index (χ0v) is 14.6. The van der Waals surface area contributed by atoms with Crippen molar-refractivity contribution in [2.24, 2.45) is 23.7 Å². The summed E-state index contributed by atoms with van der Waals surface area (Å²) < 4.78 is 32.3. The minimum atomic E-state index is -0.854. The first-order valence-electron chi connectivity index (χ1n) is 9.02. The van der Waals surface area contributed by atoms with E-state index in [0.717, 1.165) is 18.9 Å². The second kappa shape index (κ2) is 6.81. The number of carbonyl (C=O) groups excluding carboxylic acids is 1. The van der Waals surface area contributed by atoms with Crippen molar-refractivity contribution >= 4 is 5.97 Å². The van der Waals surface area contributed by atoms with Gasteiger partial charge in [-0.05, 0) is 60.6 Å². The fourth-order valence-electron chi connectivity index (χ4n) is 4.05. The summed E-state index contributed by atoms with van der Waals surface area (Å²) in [5.74, 6) is -0.622. The lowest BCUT2D eigenvalue weighted by atomic mass is 9.75. The summed E-state index contributed by atoms with van der Waals surface area (Å²) in [5.41, 5.74) is 0.688. The van der Waals surface area contributed by atoms with E-state index >= 15 is 0 Å². The van der Waals surface area contributed by atoms with Crippen LogP contribution in [0.25, 0.3) is 0 Å². The van der Waals surface area contributed by atoms with Crippen LogP contribution in [0.1, 0.15) is 57.9 Å². The van der Waals surface area contributed by atoms with Crippen molar-refractivity contribution in [2.75, 3.05) is 0 Å². The third-order valence-electron chi connectivity index (χ3n) is 5.69. The first kappa shape index (κ1) is 17.4. The Morgan fingerprint density at radius 3 is 2.58 bits per heavy atom. The zero-order valence-electron chi connectivity index (χ0n) is 14.6. The van der Waals surface area contributed by atoms with Gasteiger partial charge in [0.25, 0.3) is 0 Å². The van der Waals surface area contributed by atoms with Crippen molar-refractivity contribution in [3.05, 3.63) is 35.4 Å². The molecular weight excluding hydrogens is 310 g/mol. The Balaban J connectivity index is 1.62. The van der Waals surface area contributed by atoms with Crippen LogP contribution in [0.3, 0.4) is 0 Å². The number of rotatable bonds is 4. The maximum atomic E-state index is 13.4. The molecule has 0 radical (unpaired) electrons. The third kappa shape index (κ3) is 3.62. The van der Waals surface area contributed by atoms with E-state index in [2.05, 4.69) is 20.8 Å². The number of hydrogen-bond donors (Lipinski definition) is 0. The van der Waals surface area contributed by atoms with Gasteiger partial charge in [0, 0.05) is 0 Å².